The third kappa shape index (κ3) is 6.80. The van der Waals surface area contributed by atoms with Gasteiger partial charge in [-0.15, -0.1) is 0 Å². The largest absolute Gasteiger partial charge is 0.416 e. The molecule has 0 radical (unpaired) electrons. The topological polar surface area (TPSA) is 143 Å². The average Bonchev–Trinajstić information content (AvgIpc) is 3.40. The number of hydrogen-bond acceptors (Lipinski definition) is 7. The minimum Gasteiger partial charge on any atom is -0.383 e. The molecule has 0 saturated carbocycles. The molecular weight excluding hydrogens is 585 g/mol. The number of aromatic nitrogens is 4. The molecule has 1 fully saturated rings. The minimum absolute atomic E-state index is 0.0842. The first kappa shape index (κ1) is 31.2. The number of nitrogens with two attached hydrogens (primary N) is 1. The SMILES string of the molecule is CC(C)(C)/C=C(\C#N)C(=O)N1CCC(n2nc(-c3ccc(NC(=O)c4ccc(C(F)(F)F)cc4)cc3)c3c(N)ncnc32)CC1. The number of nitrogen functional groups attached to an aromatic ring is 1. The van der Waals surface area contributed by atoms with Crippen molar-refractivity contribution in [2.24, 2.45) is 5.41 Å². The Kier molecular flexibility index (Phi) is 8.34. The molecule has 1 aliphatic rings. The molecule has 0 unspecified atom stereocenters. The van der Waals surface area contributed by atoms with Crippen LogP contribution >= 0.6 is 0 Å². The summed E-state index contributed by atoms with van der Waals surface area (Å²) in [5, 5.41) is 17.7. The van der Waals surface area contributed by atoms with Gasteiger partial charge in [0, 0.05) is 29.9 Å². The van der Waals surface area contributed by atoms with Gasteiger partial charge in [0.15, 0.2) is 5.65 Å². The number of carbonyl (C=O) groups is 2. The number of nitrogens with zero attached hydrogens (tertiary/aromatic N) is 6. The number of likely N-dealkylation sites (tertiary alicyclic amines) is 1. The zero-order valence-corrected chi connectivity index (χ0v) is 24.9. The molecule has 2 amide bonds. The fourth-order valence-corrected chi connectivity index (χ4v) is 5.24. The zero-order chi connectivity index (χ0) is 32.5. The van der Waals surface area contributed by atoms with Gasteiger partial charge in [-0.2, -0.15) is 23.5 Å². The van der Waals surface area contributed by atoms with Gasteiger partial charge < -0.3 is 16.0 Å². The number of carbonyl (C=O) groups excluding carboxylic acids is 2. The Hall–Kier alpha value is -5.25. The van der Waals surface area contributed by atoms with Gasteiger partial charge in [-0.05, 0) is 54.7 Å². The summed E-state index contributed by atoms with van der Waals surface area (Å²) in [6.07, 6.45) is -0.239. The number of rotatable bonds is 5. The lowest BCUT2D eigenvalue weighted by molar-refractivity contribution is -0.137. The number of benzene rings is 2. The second-order valence-corrected chi connectivity index (χ2v) is 11.9. The maximum atomic E-state index is 13.0. The molecule has 0 spiro atoms. The molecule has 0 aliphatic carbocycles. The third-order valence-electron chi connectivity index (χ3n) is 7.43. The number of allylic oxidation sites excluding steroid dienone is 1. The van der Waals surface area contributed by atoms with E-state index < -0.39 is 17.6 Å². The Balaban J connectivity index is 1.34. The molecule has 0 bridgehead atoms. The quantitative estimate of drug-likeness (QED) is 0.207. The zero-order valence-electron chi connectivity index (χ0n) is 24.9. The average molecular weight is 617 g/mol. The number of alkyl halides is 3. The van der Waals surface area contributed by atoms with Gasteiger partial charge in [-0.3, -0.25) is 9.59 Å². The monoisotopic (exact) mass is 616 g/mol. The summed E-state index contributed by atoms with van der Waals surface area (Å²) >= 11 is 0. The predicted octanol–water partition coefficient (Wildman–Crippen LogP) is 6.01. The number of anilines is 2. The Morgan fingerprint density at radius 2 is 1.67 bits per heavy atom. The molecule has 2 aromatic carbocycles. The van der Waals surface area contributed by atoms with Crippen LogP contribution in [0.1, 0.15) is 55.6 Å². The number of fused-ring (bicyclic) bond motifs is 1. The Morgan fingerprint density at radius 3 is 2.24 bits per heavy atom. The predicted molar refractivity (Wildman–Crippen MR) is 163 cm³/mol. The van der Waals surface area contributed by atoms with Gasteiger partial charge in [-0.1, -0.05) is 39.0 Å². The number of nitriles is 1. The second kappa shape index (κ2) is 12.0. The molecule has 4 aromatic rings. The van der Waals surface area contributed by atoms with Gasteiger partial charge in [0.2, 0.25) is 0 Å². The van der Waals surface area contributed by atoms with Gasteiger partial charge in [0.25, 0.3) is 11.8 Å². The van der Waals surface area contributed by atoms with E-state index in [-0.39, 0.29) is 34.3 Å². The summed E-state index contributed by atoms with van der Waals surface area (Å²) in [6.45, 7) is 6.69. The standard InChI is InChI=1S/C32H31F3N8O2/c1-31(2,3)16-21(17-36)30(45)42-14-12-24(13-15-42)43-28-25(27(37)38-18-39-28)26(41-43)19-6-10-23(11-7-19)40-29(44)20-4-8-22(9-5-20)32(33,34)35/h4-11,16,18,24H,12-15H2,1-3H3,(H,40,44)(H2,37,38,39)/b21-16+. The molecule has 0 atom stereocenters. The highest BCUT2D eigenvalue weighted by Gasteiger charge is 2.31. The van der Waals surface area contributed by atoms with Crippen molar-refractivity contribution < 1.29 is 22.8 Å². The summed E-state index contributed by atoms with van der Waals surface area (Å²) in [5.41, 5.74) is 7.57. The van der Waals surface area contributed by atoms with E-state index in [0.29, 0.717) is 53.9 Å². The first-order valence-electron chi connectivity index (χ1n) is 14.2. The Bertz CT molecular complexity index is 1810. The van der Waals surface area contributed by atoms with Crippen molar-refractivity contribution in [2.75, 3.05) is 24.1 Å². The lowest BCUT2D eigenvalue weighted by Gasteiger charge is -2.32. The molecule has 1 saturated heterocycles. The molecular formula is C32H31F3N8O2. The Morgan fingerprint density at radius 1 is 1.02 bits per heavy atom. The van der Waals surface area contributed by atoms with Gasteiger partial charge in [0.05, 0.1) is 17.0 Å². The van der Waals surface area contributed by atoms with E-state index in [4.69, 9.17) is 10.8 Å². The molecule has 3 N–H and O–H groups in total. The fraction of sp³-hybridized carbons (Fsp3) is 0.312. The number of hydrogen-bond donors (Lipinski definition) is 2. The van der Waals surface area contributed by atoms with Crippen molar-refractivity contribution in [3.05, 3.63) is 77.6 Å². The molecule has 1 aliphatic heterocycles. The van der Waals surface area contributed by atoms with Crippen molar-refractivity contribution in [3.63, 3.8) is 0 Å². The maximum Gasteiger partial charge on any atom is 0.416 e. The first-order chi connectivity index (χ1) is 21.2. The lowest BCUT2D eigenvalue weighted by Crippen LogP contribution is -2.40. The van der Waals surface area contributed by atoms with Crippen LogP contribution in [0.2, 0.25) is 0 Å². The maximum absolute atomic E-state index is 13.0. The van der Waals surface area contributed by atoms with E-state index in [1.165, 1.54) is 6.33 Å². The van der Waals surface area contributed by atoms with E-state index in [2.05, 4.69) is 15.3 Å². The second-order valence-electron chi connectivity index (χ2n) is 11.9. The van der Waals surface area contributed by atoms with Crippen LogP contribution in [0.15, 0.2) is 66.5 Å². The molecule has 3 heterocycles. The van der Waals surface area contributed by atoms with E-state index in [1.54, 1.807) is 39.9 Å². The third-order valence-corrected chi connectivity index (χ3v) is 7.43. The van der Waals surface area contributed by atoms with Crippen LogP contribution < -0.4 is 11.1 Å². The number of piperidine rings is 1. The molecule has 45 heavy (non-hydrogen) atoms. The molecule has 5 rings (SSSR count). The van der Waals surface area contributed by atoms with Crippen molar-refractivity contribution in [2.45, 2.75) is 45.8 Å². The van der Waals surface area contributed by atoms with Crippen LogP contribution in [0.3, 0.4) is 0 Å². The minimum atomic E-state index is -4.49. The Labute approximate surface area is 257 Å². The summed E-state index contributed by atoms with van der Waals surface area (Å²) in [6, 6.07) is 12.7. The first-order valence-corrected chi connectivity index (χ1v) is 14.2. The van der Waals surface area contributed by atoms with Crippen LogP contribution in [0.5, 0.6) is 0 Å². The van der Waals surface area contributed by atoms with Crippen LogP contribution in [0.4, 0.5) is 24.7 Å². The van der Waals surface area contributed by atoms with Crippen molar-refractivity contribution in [1.82, 2.24) is 24.6 Å². The van der Waals surface area contributed by atoms with E-state index in [9.17, 15) is 28.0 Å². The van der Waals surface area contributed by atoms with E-state index >= 15 is 0 Å². The highest BCUT2D eigenvalue weighted by molar-refractivity contribution is 6.04. The van der Waals surface area contributed by atoms with Crippen molar-refractivity contribution >= 4 is 34.4 Å². The number of amides is 2. The van der Waals surface area contributed by atoms with E-state index in [1.807, 2.05) is 26.8 Å². The van der Waals surface area contributed by atoms with Crippen LogP contribution in [-0.2, 0) is 11.0 Å². The highest BCUT2D eigenvalue weighted by atomic mass is 19.4. The summed E-state index contributed by atoms with van der Waals surface area (Å²) < 4.78 is 40.4. The van der Waals surface area contributed by atoms with Crippen LogP contribution in [0.25, 0.3) is 22.3 Å². The smallest absolute Gasteiger partial charge is 0.383 e. The highest BCUT2D eigenvalue weighted by Crippen LogP contribution is 2.35. The number of halogens is 3. The van der Waals surface area contributed by atoms with E-state index in [0.717, 1.165) is 24.3 Å². The summed E-state index contributed by atoms with van der Waals surface area (Å²) in [4.78, 5) is 36.0. The molecule has 2 aromatic heterocycles. The normalized spacial score (nSPS) is 14.8. The van der Waals surface area contributed by atoms with Crippen LogP contribution in [0, 0.1) is 16.7 Å². The van der Waals surface area contributed by atoms with Crippen molar-refractivity contribution in [3.8, 4) is 17.3 Å². The number of nitrogens with one attached hydrogen (secondary N) is 1. The van der Waals surface area contributed by atoms with Gasteiger partial charge >= 0.3 is 6.18 Å². The van der Waals surface area contributed by atoms with Crippen molar-refractivity contribution in [1.29, 1.82) is 5.26 Å². The fourth-order valence-electron chi connectivity index (χ4n) is 5.24. The summed E-state index contributed by atoms with van der Waals surface area (Å²) in [7, 11) is 0. The molecule has 232 valence electrons. The lowest BCUT2D eigenvalue weighted by atomic mass is 9.93. The van der Waals surface area contributed by atoms with Gasteiger partial charge in [0.1, 0.15) is 29.5 Å². The molecule has 10 nitrogen and oxygen atoms in total. The van der Waals surface area contributed by atoms with Gasteiger partial charge in [-0.25, -0.2) is 14.6 Å². The van der Waals surface area contributed by atoms with Crippen LogP contribution in [-0.4, -0.2) is 49.6 Å². The molecule has 13 heteroatoms. The summed E-state index contributed by atoms with van der Waals surface area (Å²) in [5.74, 6) is -0.585.